The Morgan fingerprint density at radius 1 is 1.47 bits per heavy atom. The van der Waals surface area contributed by atoms with E-state index < -0.39 is 12.0 Å². The summed E-state index contributed by atoms with van der Waals surface area (Å²) in [5.74, 6) is -0.605. The molecule has 3 N–H and O–H groups in total. The third-order valence-electron chi connectivity index (χ3n) is 2.78. The van der Waals surface area contributed by atoms with Gasteiger partial charge in [-0.25, -0.2) is 4.79 Å². The number of carboxylic acids is 1. The largest absolute Gasteiger partial charge is 0.480 e. The van der Waals surface area contributed by atoms with Gasteiger partial charge in [0.2, 0.25) is 0 Å². The Kier molecular flexibility index (Phi) is 3.66. The van der Waals surface area contributed by atoms with Crippen LogP contribution in [0.15, 0.2) is 47.8 Å². The highest BCUT2D eigenvalue weighted by atomic mass is 16.4. The number of benzene rings is 1. The Labute approximate surface area is 109 Å². The molecule has 98 valence electrons. The highest BCUT2D eigenvalue weighted by molar-refractivity contribution is 5.84. The van der Waals surface area contributed by atoms with Gasteiger partial charge in [-0.1, -0.05) is 24.3 Å². The second-order valence-corrected chi connectivity index (χ2v) is 4.16. The smallest absolute Gasteiger partial charge is 0.326 e. The van der Waals surface area contributed by atoms with E-state index in [9.17, 15) is 9.59 Å². The van der Waals surface area contributed by atoms with Gasteiger partial charge >= 0.3 is 5.97 Å². The van der Waals surface area contributed by atoms with E-state index in [4.69, 9.17) is 5.11 Å². The zero-order valence-corrected chi connectivity index (χ0v) is 10.2. The summed E-state index contributed by atoms with van der Waals surface area (Å²) >= 11 is 0. The van der Waals surface area contributed by atoms with Gasteiger partial charge in [-0.2, -0.15) is 0 Å². The average molecular weight is 258 g/mol. The monoisotopic (exact) mass is 258 g/mol. The molecule has 2 rings (SSSR count). The van der Waals surface area contributed by atoms with Crippen LogP contribution in [0.2, 0.25) is 0 Å². The summed E-state index contributed by atoms with van der Waals surface area (Å²) in [7, 11) is 0. The quantitative estimate of drug-likeness (QED) is 0.716. The first kappa shape index (κ1) is 12.9. The Morgan fingerprint density at radius 2 is 2.21 bits per heavy atom. The van der Waals surface area contributed by atoms with Crippen LogP contribution in [0.3, 0.4) is 0 Å². The molecule has 0 spiro atoms. The van der Waals surface area contributed by atoms with Crippen LogP contribution < -0.4 is 10.9 Å². The lowest BCUT2D eigenvalue weighted by Crippen LogP contribution is -2.29. The second kappa shape index (κ2) is 5.39. The summed E-state index contributed by atoms with van der Waals surface area (Å²) in [6.45, 7) is 3.52. The van der Waals surface area contributed by atoms with Crippen LogP contribution in [0.1, 0.15) is 6.42 Å². The van der Waals surface area contributed by atoms with Gasteiger partial charge in [0.05, 0.1) is 0 Å². The number of aromatic nitrogens is 1. The average Bonchev–Trinajstić information content (AvgIpc) is 2.38. The van der Waals surface area contributed by atoms with Crippen molar-refractivity contribution in [2.45, 2.75) is 12.5 Å². The van der Waals surface area contributed by atoms with Gasteiger partial charge in [0, 0.05) is 5.39 Å². The van der Waals surface area contributed by atoms with Crippen molar-refractivity contribution < 1.29 is 9.90 Å². The van der Waals surface area contributed by atoms with Crippen LogP contribution in [0.4, 0.5) is 5.82 Å². The number of aliphatic carboxylic acids is 1. The third-order valence-corrected chi connectivity index (χ3v) is 2.78. The maximum absolute atomic E-state index is 11.8. The number of H-pyrrole nitrogens is 1. The van der Waals surface area contributed by atoms with Crippen molar-refractivity contribution in [2.75, 3.05) is 5.32 Å². The van der Waals surface area contributed by atoms with Gasteiger partial charge < -0.3 is 15.4 Å². The summed E-state index contributed by atoms with van der Waals surface area (Å²) < 4.78 is 0. The Hall–Kier alpha value is -2.56. The fourth-order valence-corrected chi connectivity index (χ4v) is 1.86. The number of carboxylic acid groups (broad SMARTS) is 1. The van der Waals surface area contributed by atoms with E-state index in [-0.39, 0.29) is 12.0 Å². The number of carbonyl (C=O) groups is 1. The number of hydrogen-bond donors (Lipinski definition) is 3. The van der Waals surface area contributed by atoms with Gasteiger partial charge in [0.1, 0.15) is 11.9 Å². The van der Waals surface area contributed by atoms with Gasteiger partial charge in [0.25, 0.3) is 5.56 Å². The molecule has 19 heavy (non-hydrogen) atoms. The molecule has 1 unspecified atom stereocenters. The zero-order chi connectivity index (χ0) is 13.8. The molecule has 0 saturated heterocycles. The van der Waals surface area contributed by atoms with E-state index in [1.165, 1.54) is 6.08 Å². The molecule has 1 aromatic heterocycles. The van der Waals surface area contributed by atoms with Crippen LogP contribution in [0.5, 0.6) is 0 Å². The lowest BCUT2D eigenvalue weighted by molar-refractivity contribution is -0.137. The van der Waals surface area contributed by atoms with Crippen molar-refractivity contribution in [3.05, 3.63) is 53.3 Å². The lowest BCUT2D eigenvalue weighted by atomic mass is 10.1. The van der Waals surface area contributed by atoms with Gasteiger partial charge in [-0.3, -0.25) is 4.79 Å². The SMILES string of the molecule is C=CCC(Nc1cc2ccccc2c(=O)[nH]1)C(=O)O. The predicted octanol–water partition coefficient (Wildman–Crippen LogP) is 1.97. The van der Waals surface area contributed by atoms with Crippen molar-refractivity contribution in [1.82, 2.24) is 4.98 Å². The summed E-state index contributed by atoms with van der Waals surface area (Å²) in [6.07, 6.45) is 1.79. The van der Waals surface area contributed by atoms with Crippen LogP contribution >= 0.6 is 0 Å². The molecule has 1 heterocycles. The fourth-order valence-electron chi connectivity index (χ4n) is 1.86. The normalized spacial score (nSPS) is 12.0. The topological polar surface area (TPSA) is 82.2 Å². The van der Waals surface area contributed by atoms with Crippen molar-refractivity contribution in [1.29, 1.82) is 0 Å². The van der Waals surface area contributed by atoms with Crippen molar-refractivity contribution in [3.8, 4) is 0 Å². The molecule has 0 amide bonds. The summed E-state index contributed by atoms with van der Waals surface area (Å²) in [4.78, 5) is 25.5. The van der Waals surface area contributed by atoms with Crippen LogP contribution in [-0.2, 0) is 4.79 Å². The molecule has 0 radical (unpaired) electrons. The van der Waals surface area contributed by atoms with Crippen LogP contribution in [0.25, 0.3) is 10.8 Å². The van der Waals surface area contributed by atoms with Gasteiger partial charge in [0.15, 0.2) is 0 Å². The molecule has 1 aromatic carbocycles. The van der Waals surface area contributed by atoms with E-state index in [1.54, 1.807) is 24.3 Å². The minimum Gasteiger partial charge on any atom is -0.480 e. The first-order valence-corrected chi connectivity index (χ1v) is 5.84. The standard InChI is InChI=1S/C14H14N2O3/c1-2-5-11(14(18)19)15-12-8-9-6-3-4-7-10(9)13(17)16-12/h2-4,6-8,11H,1,5H2,(H,18,19)(H2,15,16,17). The predicted molar refractivity (Wildman–Crippen MR) is 74.4 cm³/mol. The highest BCUT2D eigenvalue weighted by Gasteiger charge is 2.15. The molecule has 5 nitrogen and oxygen atoms in total. The molecule has 2 aromatic rings. The van der Waals surface area contributed by atoms with Crippen molar-refractivity contribution in [3.63, 3.8) is 0 Å². The summed E-state index contributed by atoms with van der Waals surface area (Å²) in [6, 6.07) is 8.03. The van der Waals surface area contributed by atoms with Crippen molar-refractivity contribution in [2.24, 2.45) is 0 Å². The van der Waals surface area contributed by atoms with E-state index in [0.29, 0.717) is 11.2 Å². The molecule has 0 aliphatic rings. The maximum atomic E-state index is 11.8. The minimum atomic E-state index is -0.992. The second-order valence-electron chi connectivity index (χ2n) is 4.16. The number of pyridine rings is 1. The molecule has 0 aliphatic carbocycles. The Morgan fingerprint density at radius 3 is 2.89 bits per heavy atom. The first-order chi connectivity index (χ1) is 9.11. The van der Waals surface area contributed by atoms with E-state index in [0.717, 1.165) is 5.39 Å². The third kappa shape index (κ3) is 2.82. The summed E-state index contributed by atoms with van der Waals surface area (Å²) in [5.41, 5.74) is -0.247. The number of fused-ring (bicyclic) bond motifs is 1. The van der Waals surface area contributed by atoms with Crippen LogP contribution in [-0.4, -0.2) is 22.1 Å². The molecule has 1 atom stereocenters. The first-order valence-electron chi connectivity index (χ1n) is 5.84. The van der Waals surface area contributed by atoms with Gasteiger partial charge in [-0.15, -0.1) is 6.58 Å². The zero-order valence-electron chi connectivity index (χ0n) is 10.2. The number of hydrogen-bond acceptors (Lipinski definition) is 3. The molecule has 0 fully saturated rings. The minimum absolute atomic E-state index is 0.247. The molecular formula is C14H14N2O3. The maximum Gasteiger partial charge on any atom is 0.326 e. The van der Waals surface area contributed by atoms with E-state index in [1.807, 2.05) is 6.07 Å². The van der Waals surface area contributed by atoms with Gasteiger partial charge in [-0.05, 0) is 23.9 Å². The number of nitrogens with one attached hydrogen (secondary N) is 2. The Balaban J connectivity index is 2.38. The van der Waals surface area contributed by atoms with Crippen molar-refractivity contribution >= 4 is 22.6 Å². The number of aromatic amines is 1. The number of rotatable bonds is 5. The van der Waals surface area contributed by atoms with E-state index in [2.05, 4.69) is 16.9 Å². The summed E-state index contributed by atoms with van der Waals surface area (Å²) in [5, 5.41) is 13.2. The molecular weight excluding hydrogens is 244 g/mol. The Bertz CT molecular complexity index is 676. The number of anilines is 1. The molecule has 0 aliphatic heterocycles. The molecule has 5 heteroatoms. The molecule has 0 saturated carbocycles. The highest BCUT2D eigenvalue weighted by Crippen LogP contribution is 2.14. The van der Waals surface area contributed by atoms with E-state index >= 15 is 0 Å². The fraction of sp³-hybridized carbons (Fsp3) is 0.143. The lowest BCUT2D eigenvalue weighted by Gasteiger charge is -2.14. The van der Waals surface area contributed by atoms with Crippen LogP contribution in [0, 0.1) is 0 Å². The molecule has 0 bridgehead atoms.